The molecule has 0 saturated carbocycles. The first kappa shape index (κ1) is 12.0. The molecule has 0 aromatic carbocycles. The van der Waals surface area contributed by atoms with E-state index in [1.165, 1.54) is 32.5 Å². The summed E-state index contributed by atoms with van der Waals surface area (Å²) in [5, 5.41) is 0. The van der Waals surface area contributed by atoms with Gasteiger partial charge >= 0.3 is 0 Å². The van der Waals surface area contributed by atoms with E-state index in [-0.39, 0.29) is 5.41 Å². The lowest BCUT2D eigenvalue weighted by molar-refractivity contribution is 0.107. The van der Waals surface area contributed by atoms with Crippen LogP contribution in [0.25, 0.3) is 0 Å². The third-order valence-electron chi connectivity index (χ3n) is 3.41. The Kier molecular flexibility index (Phi) is 4.35. The molecule has 4 N–H and O–H groups in total. The van der Waals surface area contributed by atoms with Crippen LogP contribution in [0, 0.1) is 11.3 Å². The van der Waals surface area contributed by atoms with E-state index >= 15 is 0 Å². The lowest BCUT2D eigenvalue weighted by atomic mass is 9.78. The van der Waals surface area contributed by atoms with Crippen molar-refractivity contribution in [1.29, 1.82) is 0 Å². The van der Waals surface area contributed by atoms with E-state index < -0.39 is 0 Å². The first-order valence-electron chi connectivity index (χ1n) is 5.74. The van der Waals surface area contributed by atoms with Gasteiger partial charge in [0.25, 0.3) is 0 Å². The predicted molar refractivity (Wildman–Crippen MR) is 61.1 cm³/mol. The minimum absolute atomic E-state index is 0.244. The van der Waals surface area contributed by atoms with E-state index in [4.69, 9.17) is 11.5 Å². The van der Waals surface area contributed by atoms with E-state index in [9.17, 15) is 0 Å². The summed E-state index contributed by atoms with van der Waals surface area (Å²) >= 11 is 0. The summed E-state index contributed by atoms with van der Waals surface area (Å²) in [6.07, 6.45) is 2.35. The van der Waals surface area contributed by atoms with Crippen molar-refractivity contribution in [1.82, 2.24) is 4.90 Å². The predicted octanol–water partition coefficient (Wildman–Crippen LogP) is 0.642. The highest BCUT2D eigenvalue weighted by molar-refractivity contribution is 4.87. The molecule has 0 aromatic rings. The molecule has 0 unspecified atom stereocenters. The summed E-state index contributed by atoms with van der Waals surface area (Å²) in [5.74, 6) is 0.762. The van der Waals surface area contributed by atoms with Gasteiger partial charge < -0.3 is 16.4 Å². The molecule has 0 spiro atoms. The van der Waals surface area contributed by atoms with Gasteiger partial charge in [-0.25, -0.2) is 0 Å². The van der Waals surface area contributed by atoms with Crippen molar-refractivity contribution in [3.8, 4) is 0 Å². The Balaban J connectivity index is 2.37. The number of hydrogen-bond acceptors (Lipinski definition) is 3. The van der Waals surface area contributed by atoms with E-state index in [1.54, 1.807) is 0 Å². The van der Waals surface area contributed by atoms with Crippen molar-refractivity contribution in [2.75, 3.05) is 32.7 Å². The highest BCUT2D eigenvalue weighted by Crippen LogP contribution is 2.29. The lowest BCUT2D eigenvalue weighted by Gasteiger charge is -2.41. The molecule has 0 atom stereocenters. The van der Waals surface area contributed by atoms with Gasteiger partial charge in [0.2, 0.25) is 0 Å². The van der Waals surface area contributed by atoms with Crippen LogP contribution in [0.15, 0.2) is 0 Å². The van der Waals surface area contributed by atoms with Crippen LogP contribution < -0.4 is 11.5 Å². The molecule has 0 bridgehead atoms. The molecular weight excluding hydrogens is 174 g/mol. The largest absolute Gasteiger partial charge is 0.330 e. The number of hydrogen-bond donors (Lipinski definition) is 2. The van der Waals surface area contributed by atoms with Crippen LogP contribution >= 0.6 is 0 Å². The molecule has 0 aromatic heterocycles. The fourth-order valence-corrected chi connectivity index (χ4v) is 2.22. The number of nitrogens with zero attached hydrogens (tertiary/aromatic N) is 1. The molecule has 0 aliphatic carbocycles. The van der Waals surface area contributed by atoms with Crippen molar-refractivity contribution in [2.24, 2.45) is 22.8 Å². The number of nitrogens with two attached hydrogens (primary N) is 2. The molecule has 0 radical (unpaired) electrons. The van der Waals surface area contributed by atoms with Crippen molar-refractivity contribution >= 4 is 0 Å². The van der Waals surface area contributed by atoms with Crippen LogP contribution in [0.4, 0.5) is 0 Å². The Hall–Kier alpha value is -0.120. The Morgan fingerprint density at radius 2 is 1.64 bits per heavy atom. The molecule has 3 heteroatoms. The summed E-state index contributed by atoms with van der Waals surface area (Å²) in [6.45, 7) is 9.60. The van der Waals surface area contributed by atoms with Crippen LogP contribution in [0.5, 0.6) is 0 Å². The van der Waals surface area contributed by atoms with Crippen molar-refractivity contribution in [3.05, 3.63) is 0 Å². The standard InChI is InChI=1S/C11H25N3/c1-10(2)7-14-5-3-11(8-12,9-13)4-6-14/h10H,3-9,12-13H2,1-2H3. The molecule has 3 nitrogen and oxygen atoms in total. The lowest BCUT2D eigenvalue weighted by Crippen LogP contribution is -2.48. The first-order chi connectivity index (χ1) is 6.62. The average Bonchev–Trinajstić information content (AvgIpc) is 2.19. The average molecular weight is 199 g/mol. The van der Waals surface area contributed by atoms with Gasteiger partial charge in [-0.3, -0.25) is 0 Å². The minimum atomic E-state index is 0.244. The molecule has 14 heavy (non-hydrogen) atoms. The fraction of sp³-hybridized carbons (Fsp3) is 1.00. The first-order valence-corrected chi connectivity index (χ1v) is 5.74. The van der Waals surface area contributed by atoms with Crippen molar-refractivity contribution in [3.63, 3.8) is 0 Å². The molecule has 1 rings (SSSR count). The maximum atomic E-state index is 5.80. The number of piperidine rings is 1. The Morgan fingerprint density at radius 1 is 1.14 bits per heavy atom. The molecular formula is C11H25N3. The highest BCUT2D eigenvalue weighted by atomic mass is 15.1. The van der Waals surface area contributed by atoms with Crippen molar-refractivity contribution in [2.45, 2.75) is 26.7 Å². The monoisotopic (exact) mass is 199 g/mol. The van der Waals surface area contributed by atoms with Crippen LogP contribution in [0.3, 0.4) is 0 Å². The zero-order valence-corrected chi connectivity index (χ0v) is 9.63. The van der Waals surface area contributed by atoms with Crippen LogP contribution in [0.2, 0.25) is 0 Å². The smallest absolute Gasteiger partial charge is 0.000439 e. The maximum Gasteiger partial charge on any atom is 0.000439 e. The van der Waals surface area contributed by atoms with Crippen molar-refractivity contribution < 1.29 is 0 Å². The summed E-state index contributed by atoms with van der Waals surface area (Å²) in [5.41, 5.74) is 11.8. The molecule has 1 fully saturated rings. The Labute approximate surface area is 87.8 Å². The third kappa shape index (κ3) is 2.94. The number of rotatable bonds is 4. The van der Waals surface area contributed by atoms with Gasteiger partial charge in [0.15, 0.2) is 0 Å². The van der Waals surface area contributed by atoms with Gasteiger partial charge in [-0.2, -0.15) is 0 Å². The normalized spacial score (nSPS) is 22.9. The molecule has 1 aliphatic rings. The van der Waals surface area contributed by atoms with Gasteiger partial charge in [-0.15, -0.1) is 0 Å². The SMILES string of the molecule is CC(C)CN1CCC(CN)(CN)CC1. The number of likely N-dealkylation sites (tertiary alicyclic amines) is 1. The summed E-state index contributed by atoms with van der Waals surface area (Å²) < 4.78 is 0. The highest BCUT2D eigenvalue weighted by Gasteiger charge is 2.31. The molecule has 1 aliphatic heterocycles. The van der Waals surface area contributed by atoms with Gasteiger partial charge in [0.05, 0.1) is 0 Å². The maximum absolute atomic E-state index is 5.80. The summed E-state index contributed by atoms with van der Waals surface area (Å²) in [4.78, 5) is 2.54. The zero-order valence-electron chi connectivity index (χ0n) is 9.63. The summed E-state index contributed by atoms with van der Waals surface area (Å²) in [6, 6.07) is 0. The molecule has 0 amide bonds. The van der Waals surface area contributed by atoms with E-state index in [0.717, 1.165) is 19.0 Å². The van der Waals surface area contributed by atoms with Gasteiger partial charge in [-0.05, 0) is 50.4 Å². The van der Waals surface area contributed by atoms with E-state index in [0.29, 0.717) is 0 Å². The second kappa shape index (κ2) is 5.10. The van der Waals surface area contributed by atoms with Gasteiger partial charge in [-0.1, -0.05) is 13.8 Å². The Bertz CT molecular complexity index is 154. The van der Waals surface area contributed by atoms with E-state index in [1.807, 2.05) is 0 Å². The quantitative estimate of drug-likeness (QED) is 0.698. The molecule has 1 saturated heterocycles. The van der Waals surface area contributed by atoms with E-state index in [2.05, 4.69) is 18.7 Å². The van der Waals surface area contributed by atoms with Crippen LogP contribution in [0.1, 0.15) is 26.7 Å². The van der Waals surface area contributed by atoms with Crippen LogP contribution in [-0.4, -0.2) is 37.6 Å². The topological polar surface area (TPSA) is 55.3 Å². The summed E-state index contributed by atoms with van der Waals surface area (Å²) in [7, 11) is 0. The fourth-order valence-electron chi connectivity index (χ4n) is 2.22. The van der Waals surface area contributed by atoms with Gasteiger partial charge in [0.1, 0.15) is 0 Å². The second-order valence-electron chi connectivity index (χ2n) is 5.10. The molecule has 1 heterocycles. The van der Waals surface area contributed by atoms with Gasteiger partial charge in [0, 0.05) is 6.54 Å². The third-order valence-corrected chi connectivity index (χ3v) is 3.41. The zero-order chi connectivity index (χ0) is 10.6. The van der Waals surface area contributed by atoms with Crippen LogP contribution in [-0.2, 0) is 0 Å². The Morgan fingerprint density at radius 3 is 2.00 bits per heavy atom. The second-order valence-corrected chi connectivity index (χ2v) is 5.10. The minimum Gasteiger partial charge on any atom is -0.330 e. The molecule has 84 valence electrons.